The summed E-state index contributed by atoms with van der Waals surface area (Å²) in [6.45, 7) is 9.41. The average molecular weight is 437 g/mol. The van der Waals surface area contributed by atoms with Crippen LogP contribution in [0, 0.1) is 13.8 Å². The van der Waals surface area contributed by atoms with Crippen LogP contribution in [0.1, 0.15) is 24.0 Å². The Morgan fingerprint density at radius 3 is 2.55 bits per heavy atom. The van der Waals surface area contributed by atoms with Gasteiger partial charge < -0.3 is 4.90 Å². The number of benzene rings is 1. The monoisotopic (exact) mass is 436 g/mol. The normalized spacial score (nSPS) is 15.6. The fourth-order valence-electron chi connectivity index (χ4n) is 3.48. The molecule has 1 aromatic heterocycles. The van der Waals surface area contributed by atoms with Crippen molar-refractivity contribution in [3.63, 3.8) is 0 Å². The molecule has 0 saturated carbocycles. The molecule has 2 heterocycles. The van der Waals surface area contributed by atoms with Gasteiger partial charge in [-0.3, -0.25) is 4.90 Å². The van der Waals surface area contributed by atoms with Crippen molar-refractivity contribution in [1.29, 1.82) is 0 Å². The zero-order valence-corrected chi connectivity index (χ0v) is 18.6. The summed E-state index contributed by atoms with van der Waals surface area (Å²) >= 11 is 5.87. The number of aryl methyl sites for hydroxylation is 2. The summed E-state index contributed by atoms with van der Waals surface area (Å²) < 4.78 is 27.3. The van der Waals surface area contributed by atoms with E-state index < -0.39 is 10.0 Å². The Morgan fingerprint density at radius 1 is 1.10 bits per heavy atom. The third-order valence-corrected chi connectivity index (χ3v) is 7.06. The van der Waals surface area contributed by atoms with Crippen LogP contribution in [0.25, 0.3) is 0 Å². The average Bonchev–Trinajstić information content (AvgIpc) is 2.70. The highest BCUT2D eigenvalue weighted by Crippen LogP contribution is 2.18. The highest BCUT2D eigenvalue weighted by Gasteiger charge is 2.18. The Balaban J connectivity index is 1.36. The van der Waals surface area contributed by atoms with E-state index >= 15 is 0 Å². The lowest BCUT2D eigenvalue weighted by molar-refractivity contribution is 0.253. The Hall–Kier alpha value is -1.67. The van der Waals surface area contributed by atoms with Gasteiger partial charge in [0.05, 0.1) is 0 Å². The molecule has 0 atom stereocenters. The van der Waals surface area contributed by atoms with E-state index in [1.807, 2.05) is 0 Å². The highest BCUT2D eigenvalue weighted by atomic mass is 35.5. The van der Waals surface area contributed by atoms with Crippen LogP contribution in [-0.2, 0) is 10.0 Å². The van der Waals surface area contributed by atoms with Crippen molar-refractivity contribution in [3.05, 3.63) is 52.8 Å². The molecule has 29 heavy (non-hydrogen) atoms. The second kappa shape index (κ2) is 9.89. The standard InChI is InChI=1S/C21H29ClN4O2S/c1-17-6-5-7-19(14-17)26-12-10-25(11-13-26)9-4-3-8-24-29(27,28)20-15-18(2)21(22)23-16-20/h5-7,14-16,24H,3-4,8-13H2,1-2H3. The number of unbranched alkanes of at least 4 members (excludes halogenated alkanes) is 1. The summed E-state index contributed by atoms with van der Waals surface area (Å²) in [7, 11) is -3.54. The van der Waals surface area contributed by atoms with Crippen LogP contribution in [0.4, 0.5) is 5.69 Å². The number of piperazine rings is 1. The molecule has 0 spiro atoms. The number of hydrogen-bond acceptors (Lipinski definition) is 5. The molecule has 1 aliphatic rings. The molecule has 1 aromatic carbocycles. The van der Waals surface area contributed by atoms with Gasteiger partial charge in [-0.1, -0.05) is 23.7 Å². The number of anilines is 1. The van der Waals surface area contributed by atoms with Crippen LogP contribution in [0.5, 0.6) is 0 Å². The van der Waals surface area contributed by atoms with Gasteiger partial charge in [0.2, 0.25) is 10.0 Å². The fourth-order valence-corrected chi connectivity index (χ4v) is 4.69. The van der Waals surface area contributed by atoms with Gasteiger partial charge in [0.1, 0.15) is 10.0 Å². The van der Waals surface area contributed by atoms with Crippen molar-refractivity contribution in [2.24, 2.45) is 0 Å². The molecule has 0 unspecified atom stereocenters. The van der Waals surface area contributed by atoms with E-state index in [4.69, 9.17) is 11.6 Å². The second-order valence-corrected chi connectivity index (χ2v) is 9.68. The Bertz CT molecular complexity index is 928. The lowest BCUT2D eigenvalue weighted by Gasteiger charge is -2.36. The molecule has 0 aliphatic carbocycles. The number of hydrogen-bond donors (Lipinski definition) is 1. The van der Waals surface area contributed by atoms with E-state index in [9.17, 15) is 8.42 Å². The van der Waals surface area contributed by atoms with Crippen molar-refractivity contribution in [1.82, 2.24) is 14.6 Å². The number of nitrogens with one attached hydrogen (secondary N) is 1. The van der Waals surface area contributed by atoms with Crippen LogP contribution in [0.2, 0.25) is 5.15 Å². The maximum atomic E-state index is 12.3. The minimum absolute atomic E-state index is 0.159. The molecule has 1 N–H and O–H groups in total. The van der Waals surface area contributed by atoms with Gasteiger partial charge in [-0.05, 0) is 62.6 Å². The molecule has 8 heteroatoms. The summed E-state index contributed by atoms with van der Waals surface area (Å²) in [5.74, 6) is 0. The van der Waals surface area contributed by atoms with Gasteiger partial charge in [-0.25, -0.2) is 18.1 Å². The molecule has 0 radical (unpaired) electrons. The largest absolute Gasteiger partial charge is 0.369 e. The predicted molar refractivity (Wildman–Crippen MR) is 118 cm³/mol. The fraction of sp³-hybridized carbons (Fsp3) is 0.476. The molecule has 1 aliphatic heterocycles. The summed E-state index contributed by atoms with van der Waals surface area (Å²) in [6, 6.07) is 10.2. The highest BCUT2D eigenvalue weighted by molar-refractivity contribution is 7.89. The minimum atomic E-state index is -3.54. The molecular weight excluding hydrogens is 408 g/mol. The van der Waals surface area contributed by atoms with Crippen molar-refractivity contribution in [3.8, 4) is 0 Å². The zero-order chi connectivity index (χ0) is 20.9. The first-order valence-electron chi connectivity index (χ1n) is 10.0. The summed E-state index contributed by atoms with van der Waals surface area (Å²) in [5.41, 5.74) is 3.24. The van der Waals surface area contributed by atoms with Gasteiger partial charge in [0.25, 0.3) is 0 Å². The number of pyridine rings is 1. The summed E-state index contributed by atoms with van der Waals surface area (Å²) in [5, 5.41) is 0.325. The second-order valence-electron chi connectivity index (χ2n) is 7.55. The van der Waals surface area contributed by atoms with Crippen molar-refractivity contribution in [2.75, 3.05) is 44.2 Å². The Morgan fingerprint density at radius 2 is 1.86 bits per heavy atom. The molecular formula is C21H29ClN4O2S. The van der Waals surface area contributed by atoms with E-state index in [0.717, 1.165) is 45.6 Å². The van der Waals surface area contributed by atoms with Crippen molar-refractivity contribution < 1.29 is 8.42 Å². The zero-order valence-electron chi connectivity index (χ0n) is 17.1. The van der Waals surface area contributed by atoms with E-state index in [-0.39, 0.29) is 4.90 Å². The number of rotatable bonds is 8. The first-order chi connectivity index (χ1) is 13.8. The lowest BCUT2D eigenvalue weighted by Crippen LogP contribution is -2.46. The molecule has 3 rings (SSSR count). The van der Waals surface area contributed by atoms with E-state index in [2.05, 4.69) is 50.7 Å². The topological polar surface area (TPSA) is 65.5 Å². The molecule has 0 amide bonds. The predicted octanol–water partition coefficient (Wildman–Crippen LogP) is 3.23. The third kappa shape index (κ3) is 6.15. The van der Waals surface area contributed by atoms with Crippen LogP contribution >= 0.6 is 11.6 Å². The van der Waals surface area contributed by atoms with Crippen LogP contribution in [0.15, 0.2) is 41.4 Å². The number of sulfonamides is 1. The van der Waals surface area contributed by atoms with Crippen LogP contribution in [-0.4, -0.2) is 57.6 Å². The van der Waals surface area contributed by atoms with E-state index in [1.54, 1.807) is 13.0 Å². The van der Waals surface area contributed by atoms with Gasteiger partial charge in [-0.2, -0.15) is 0 Å². The number of nitrogens with zero attached hydrogens (tertiary/aromatic N) is 3. The molecule has 1 saturated heterocycles. The summed E-state index contributed by atoms with van der Waals surface area (Å²) in [4.78, 5) is 8.96. The summed E-state index contributed by atoms with van der Waals surface area (Å²) in [6.07, 6.45) is 3.06. The van der Waals surface area contributed by atoms with Gasteiger partial charge >= 0.3 is 0 Å². The molecule has 1 fully saturated rings. The van der Waals surface area contributed by atoms with Crippen molar-refractivity contribution in [2.45, 2.75) is 31.6 Å². The lowest BCUT2D eigenvalue weighted by atomic mass is 10.2. The molecule has 0 bridgehead atoms. The van der Waals surface area contributed by atoms with Gasteiger partial charge in [0, 0.05) is 44.6 Å². The number of aromatic nitrogens is 1. The van der Waals surface area contributed by atoms with Crippen LogP contribution in [0.3, 0.4) is 0 Å². The molecule has 158 valence electrons. The smallest absolute Gasteiger partial charge is 0.242 e. The first-order valence-corrected chi connectivity index (χ1v) is 11.9. The third-order valence-electron chi connectivity index (χ3n) is 5.23. The Kier molecular flexibility index (Phi) is 7.51. The molecule has 6 nitrogen and oxygen atoms in total. The van der Waals surface area contributed by atoms with E-state index in [1.165, 1.54) is 17.4 Å². The number of halogens is 1. The first kappa shape index (κ1) is 22.0. The minimum Gasteiger partial charge on any atom is -0.369 e. The van der Waals surface area contributed by atoms with Crippen LogP contribution < -0.4 is 9.62 Å². The Labute approximate surface area is 178 Å². The van der Waals surface area contributed by atoms with Crippen molar-refractivity contribution >= 4 is 27.3 Å². The van der Waals surface area contributed by atoms with Gasteiger partial charge in [-0.15, -0.1) is 0 Å². The maximum Gasteiger partial charge on any atom is 0.242 e. The van der Waals surface area contributed by atoms with E-state index in [0.29, 0.717) is 17.3 Å². The SMILES string of the molecule is Cc1cccc(N2CCN(CCCCNS(=O)(=O)c3cnc(Cl)c(C)c3)CC2)c1. The molecule has 2 aromatic rings. The quantitative estimate of drug-likeness (QED) is 0.508. The van der Waals surface area contributed by atoms with Gasteiger partial charge in [0.15, 0.2) is 0 Å². The maximum absolute atomic E-state index is 12.3.